The van der Waals surface area contributed by atoms with Gasteiger partial charge in [0.05, 0.1) is 6.04 Å². The van der Waals surface area contributed by atoms with Gasteiger partial charge >= 0.3 is 6.03 Å². The maximum atomic E-state index is 11.9. The van der Waals surface area contributed by atoms with Crippen LogP contribution in [0.5, 0.6) is 0 Å². The van der Waals surface area contributed by atoms with Gasteiger partial charge in [0.1, 0.15) is 0 Å². The van der Waals surface area contributed by atoms with Crippen LogP contribution in [-0.2, 0) is 6.42 Å². The number of rotatable bonds is 2. The third-order valence-electron chi connectivity index (χ3n) is 5.19. The lowest BCUT2D eigenvalue weighted by molar-refractivity contribution is 0.158. The van der Waals surface area contributed by atoms with Crippen LogP contribution in [-0.4, -0.2) is 48.6 Å². The van der Waals surface area contributed by atoms with E-state index in [1.165, 1.54) is 17.5 Å². The Morgan fingerprint density at radius 3 is 2.76 bits per heavy atom. The maximum Gasteiger partial charge on any atom is 0.315 e. The quantitative estimate of drug-likeness (QED) is 0.906. The molecule has 1 aromatic carbocycles. The molecule has 0 bridgehead atoms. The maximum absolute atomic E-state index is 11.9. The Morgan fingerprint density at radius 1 is 1.29 bits per heavy atom. The number of urea groups is 1. The largest absolute Gasteiger partial charge is 0.351 e. The number of likely N-dealkylation sites (tertiary alicyclic amines) is 1. The lowest BCUT2D eigenvalue weighted by Crippen LogP contribution is -2.50. The normalized spacial score (nSPS) is 28.7. The van der Waals surface area contributed by atoms with Crippen LogP contribution in [0.2, 0.25) is 0 Å². The molecule has 3 rings (SSSR count). The van der Waals surface area contributed by atoms with Crippen LogP contribution >= 0.6 is 0 Å². The number of primary amides is 1. The van der Waals surface area contributed by atoms with Gasteiger partial charge in [0, 0.05) is 18.5 Å². The van der Waals surface area contributed by atoms with Gasteiger partial charge in [-0.3, -0.25) is 0 Å². The zero-order chi connectivity index (χ0) is 15.0. The summed E-state index contributed by atoms with van der Waals surface area (Å²) in [7, 11) is 4.22. The minimum Gasteiger partial charge on any atom is -0.351 e. The van der Waals surface area contributed by atoms with E-state index in [1.807, 2.05) is 4.90 Å². The van der Waals surface area contributed by atoms with Crippen molar-refractivity contribution in [3.63, 3.8) is 0 Å². The van der Waals surface area contributed by atoms with Gasteiger partial charge in [-0.1, -0.05) is 24.3 Å². The van der Waals surface area contributed by atoms with E-state index in [0.29, 0.717) is 12.0 Å². The fourth-order valence-electron chi connectivity index (χ4n) is 4.25. The first kappa shape index (κ1) is 14.4. The number of aryl methyl sites for hydroxylation is 1. The number of carbonyl (C=O) groups excluding carboxylic acids is 1. The summed E-state index contributed by atoms with van der Waals surface area (Å²) in [4.78, 5) is 16.0. The van der Waals surface area contributed by atoms with Crippen molar-refractivity contribution in [3.05, 3.63) is 35.4 Å². The predicted octanol–water partition coefficient (Wildman–Crippen LogP) is 2.19. The Morgan fingerprint density at radius 2 is 2.05 bits per heavy atom. The number of nitrogens with two attached hydrogens (primary N) is 1. The third-order valence-corrected chi connectivity index (χ3v) is 5.19. The first-order valence-electron chi connectivity index (χ1n) is 7.90. The van der Waals surface area contributed by atoms with Gasteiger partial charge in [0.15, 0.2) is 0 Å². The molecular weight excluding hydrogens is 262 g/mol. The van der Waals surface area contributed by atoms with Gasteiger partial charge in [-0.25, -0.2) is 4.79 Å². The van der Waals surface area contributed by atoms with E-state index < -0.39 is 0 Å². The molecule has 114 valence electrons. The van der Waals surface area contributed by atoms with Crippen molar-refractivity contribution < 1.29 is 4.79 Å². The third kappa shape index (κ3) is 2.53. The average molecular weight is 287 g/mol. The van der Waals surface area contributed by atoms with Crippen molar-refractivity contribution in [3.8, 4) is 0 Å². The standard InChI is InChI=1S/C17H25N3O/c1-19(2)15-10-11-20(17(18)21)16(15)14-9-5-7-12-6-3-4-8-13(12)14/h3-4,6,8,14-16H,5,7,9-11H2,1-2H3,(H2,18,21). The molecule has 1 aromatic rings. The van der Waals surface area contributed by atoms with Gasteiger partial charge in [-0.15, -0.1) is 0 Å². The highest BCUT2D eigenvalue weighted by atomic mass is 16.2. The summed E-state index contributed by atoms with van der Waals surface area (Å²) < 4.78 is 0. The monoisotopic (exact) mass is 287 g/mol. The Labute approximate surface area is 126 Å². The zero-order valence-electron chi connectivity index (χ0n) is 13.0. The van der Waals surface area contributed by atoms with Crippen molar-refractivity contribution in [1.29, 1.82) is 0 Å². The summed E-state index contributed by atoms with van der Waals surface area (Å²) in [6, 6.07) is 9.04. The van der Waals surface area contributed by atoms with Crippen molar-refractivity contribution in [2.24, 2.45) is 5.73 Å². The van der Waals surface area contributed by atoms with Crippen LogP contribution in [0.25, 0.3) is 0 Å². The van der Waals surface area contributed by atoms with Crippen LogP contribution in [0.1, 0.15) is 36.3 Å². The summed E-state index contributed by atoms with van der Waals surface area (Å²) in [6.07, 6.45) is 4.52. The highest BCUT2D eigenvalue weighted by molar-refractivity contribution is 5.73. The van der Waals surface area contributed by atoms with Crippen LogP contribution in [0.4, 0.5) is 4.79 Å². The number of hydrogen-bond acceptors (Lipinski definition) is 2. The van der Waals surface area contributed by atoms with Gasteiger partial charge in [-0.05, 0) is 50.9 Å². The van der Waals surface area contributed by atoms with E-state index in [4.69, 9.17) is 5.73 Å². The molecule has 1 heterocycles. The smallest absolute Gasteiger partial charge is 0.315 e. The number of hydrogen-bond donors (Lipinski definition) is 1. The summed E-state index contributed by atoms with van der Waals surface area (Å²) >= 11 is 0. The minimum absolute atomic E-state index is 0.207. The van der Waals surface area contributed by atoms with E-state index >= 15 is 0 Å². The fraction of sp³-hybridized carbons (Fsp3) is 0.588. The van der Waals surface area contributed by atoms with E-state index in [0.717, 1.165) is 25.8 Å². The first-order chi connectivity index (χ1) is 10.1. The Bertz CT molecular complexity index is 529. The summed E-state index contributed by atoms with van der Waals surface area (Å²) in [5.41, 5.74) is 8.52. The number of nitrogens with zero attached hydrogens (tertiary/aromatic N) is 2. The molecule has 4 nitrogen and oxygen atoms in total. The fourth-order valence-corrected chi connectivity index (χ4v) is 4.25. The highest BCUT2D eigenvalue weighted by Crippen LogP contribution is 2.40. The van der Waals surface area contributed by atoms with E-state index in [9.17, 15) is 4.79 Å². The minimum atomic E-state index is -0.271. The van der Waals surface area contributed by atoms with Gasteiger partial charge in [-0.2, -0.15) is 0 Å². The van der Waals surface area contributed by atoms with Crippen LogP contribution in [0, 0.1) is 0 Å². The van der Waals surface area contributed by atoms with E-state index in [2.05, 4.69) is 43.3 Å². The molecule has 2 amide bonds. The molecule has 1 aliphatic carbocycles. The first-order valence-corrected chi connectivity index (χ1v) is 7.90. The predicted molar refractivity (Wildman–Crippen MR) is 84.3 cm³/mol. The molecule has 0 aromatic heterocycles. The molecule has 3 unspecified atom stereocenters. The molecule has 1 aliphatic heterocycles. The number of likely N-dealkylation sites (N-methyl/N-ethyl adjacent to an activating group) is 1. The van der Waals surface area contributed by atoms with Crippen LogP contribution in [0.3, 0.4) is 0 Å². The molecule has 0 saturated carbocycles. The molecule has 4 heteroatoms. The Hall–Kier alpha value is -1.55. The second kappa shape index (κ2) is 5.68. The van der Waals surface area contributed by atoms with Gasteiger partial charge in [0.25, 0.3) is 0 Å². The molecule has 3 atom stereocenters. The van der Waals surface area contributed by atoms with Crippen molar-refractivity contribution in [2.45, 2.75) is 43.7 Å². The number of amides is 2. The summed E-state index contributed by atoms with van der Waals surface area (Å²) in [5, 5.41) is 0. The average Bonchev–Trinajstić information content (AvgIpc) is 2.91. The van der Waals surface area contributed by atoms with E-state index in [-0.39, 0.29) is 12.1 Å². The molecular formula is C17H25N3O. The van der Waals surface area contributed by atoms with Crippen LogP contribution in [0.15, 0.2) is 24.3 Å². The molecule has 21 heavy (non-hydrogen) atoms. The number of carbonyl (C=O) groups is 1. The van der Waals surface area contributed by atoms with Crippen molar-refractivity contribution in [2.75, 3.05) is 20.6 Å². The molecule has 1 saturated heterocycles. The van der Waals surface area contributed by atoms with Crippen LogP contribution < -0.4 is 5.73 Å². The van der Waals surface area contributed by atoms with Crippen molar-refractivity contribution >= 4 is 6.03 Å². The molecule has 0 spiro atoms. The second-order valence-corrected chi connectivity index (χ2v) is 6.54. The summed E-state index contributed by atoms with van der Waals surface area (Å²) in [6.45, 7) is 0.779. The van der Waals surface area contributed by atoms with Crippen molar-refractivity contribution in [1.82, 2.24) is 9.80 Å². The number of fused-ring (bicyclic) bond motifs is 1. The summed E-state index contributed by atoms with van der Waals surface area (Å²) in [5.74, 6) is 0.414. The van der Waals surface area contributed by atoms with Gasteiger partial charge in [0.2, 0.25) is 0 Å². The molecule has 2 N–H and O–H groups in total. The lowest BCUT2D eigenvalue weighted by atomic mass is 9.76. The molecule has 0 radical (unpaired) electrons. The van der Waals surface area contributed by atoms with E-state index in [1.54, 1.807) is 0 Å². The number of benzene rings is 1. The molecule has 1 fully saturated rings. The van der Waals surface area contributed by atoms with Gasteiger partial charge < -0.3 is 15.5 Å². The Kier molecular flexibility index (Phi) is 3.89. The lowest BCUT2D eigenvalue weighted by Gasteiger charge is -2.39. The highest BCUT2D eigenvalue weighted by Gasteiger charge is 2.43. The SMILES string of the molecule is CN(C)C1CCN(C(N)=O)C1C1CCCc2ccccc21. The topological polar surface area (TPSA) is 49.6 Å². The second-order valence-electron chi connectivity index (χ2n) is 6.54. The Balaban J connectivity index is 1.98. The zero-order valence-corrected chi connectivity index (χ0v) is 13.0. The molecule has 2 aliphatic rings.